The van der Waals surface area contributed by atoms with E-state index in [0.717, 1.165) is 10.7 Å². The van der Waals surface area contributed by atoms with Gasteiger partial charge in [0.1, 0.15) is 0 Å². The van der Waals surface area contributed by atoms with Gasteiger partial charge in [-0.2, -0.15) is 0 Å². The molecule has 0 fully saturated rings. The van der Waals surface area contributed by atoms with Gasteiger partial charge in [0.2, 0.25) is 0 Å². The van der Waals surface area contributed by atoms with E-state index >= 15 is 0 Å². The second-order valence-corrected chi connectivity index (χ2v) is 10.3. The van der Waals surface area contributed by atoms with Crippen LogP contribution in [0.15, 0.2) is 48.5 Å². The van der Waals surface area contributed by atoms with E-state index < -0.39 is 0 Å². The number of fused-ring (bicyclic) bond motifs is 6. The van der Waals surface area contributed by atoms with Crippen LogP contribution >= 0.6 is 31.9 Å². The van der Waals surface area contributed by atoms with Gasteiger partial charge >= 0.3 is 0 Å². The highest BCUT2D eigenvalue weighted by molar-refractivity contribution is 9.08. The zero-order valence-corrected chi connectivity index (χ0v) is 20.0. The van der Waals surface area contributed by atoms with Crippen molar-refractivity contribution in [3.63, 3.8) is 0 Å². The van der Waals surface area contributed by atoms with E-state index in [-0.39, 0.29) is 10.8 Å². The van der Waals surface area contributed by atoms with Crippen LogP contribution in [-0.2, 0) is 21.5 Å². The number of hydrogen-bond donors (Lipinski definition) is 0. The van der Waals surface area contributed by atoms with E-state index in [1.54, 1.807) is 0 Å². The number of benzene rings is 3. The van der Waals surface area contributed by atoms with Crippen LogP contribution in [0.2, 0.25) is 0 Å². The zero-order chi connectivity index (χ0) is 19.8. The third-order valence-corrected chi connectivity index (χ3v) is 8.20. The Morgan fingerprint density at radius 3 is 1.25 bits per heavy atom. The molecule has 0 atom stereocenters. The highest BCUT2D eigenvalue weighted by Crippen LogP contribution is 2.56. The van der Waals surface area contributed by atoms with Gasteiger partial charge < -0.3 is 0 Å². The monoisotopic (exact) mass is 494 g/mol. The molecular formula is C26H24Br2. The van der Waals surface area contributed by atoms with Crippen molar-refractivity contribution in [1.82, 2.24) is 0 Å². The first-order valence-electron chi connectivity index (χ1n) is 9.87. The van der Waals surface area contributed by atoms with Gasteiger partial charge in [0, 0.05) is 21.5 Å². The average Bonchev–Trinajstić information content (AvgIpc) is 3.06. The molecule has 0 amide bonds. The molecule has 28 heavy (non-hydrogen) atoms. The number of hydrogen-bond acceptors (Lipinski definition) is 0. The Labute approximate surface area is 184 Å². The number of halogens is 2. The lowest BCUT2D eigenvalue weighted by Gasteiger charge is -2.24. The summed E-state index contributed by atoms with van der Waals surface area (Å²) >= 11 is 7.25. The summed E-state index contributed by atoms with van der Waals surface area (Å²) in [5, 5.41) is 1.80. The Morgan fingerprint density at radius 1 is 0.536 bits per heavy atom. The van der Waals surface area contributed by atoms with Crippen molar-refractivity contribution in [3.05, 3.63) is 81.9 Å². The van der Waals surface area contributed by atoms with Crippen LogP contribution in [0, 0.1) is 0 Å². The first-order chi connectivity index (χ1) is 13.3. The van der Waals surface area contributed by atoms with Crippen molar-refractivity contribution in [2.45, 2.75) is 49.2 Å². The van der Waals surface area contributed by atoms with Crippen molar-refractivity contribution >= 4 is 31.9 Å². The Bertz CT molecular complexity index is 1040. The standard InChI is InChI=1S/C26H24Br2/c1-25(2)21-9-15(13-27)5-7-17(21)19-12-24-20(11-23(19)25)18-8-6-16(14-28)10-22(18)26(24,3)4/h5-12H,13-14H2,1-4H3. The summed E-state index contributed by atoms with van der Waals surface area (Å²) in [7, 11) is 0. The van der Waals surface area contributed by atoms with E-state index in [1.165, 1.54) is 55.6 Å². The molecule has 0 radical (unpaired) electrons. The van der Waals surface area contributed by atoms with Gasteiger partial charge in [-0.15, -0.1) is 0 Å². The fraction of sp³-hybridized carbons (Fsp3) is 0.308. The molecule has 3 aromatic rings. The van der Waals surface area contributed by atoms with Crippen molar-refractivity contribution in [1.29, 1.82) is 0 Å². The Morgan fingerprint density at radius 2 is 0.893 bits per heavy atom. The third-order valence-electron chi connectivity index (χ3n) is 6.91. The predicted molar refractivity (Wildman–Crippen MR) is 127 cm³/mol. The molecule has 0 nitrogen and oxygen atoms in total. The van der Waals surface area contributed by atoms with Crippen LogP contribution in [0.4, 0.5) is 0 Å². The van der Waals surface area contributed by atoms with Crippen LogP contribution in [0.3, 0.4) is 0 Å². The second kappa shape index (κ2) is 6.06. The summed E-state index contributed by atoms with van der Waals surface area (Å²) < 4.78 is 0. The van der Waals surface area contributed by atoms with Gasteiger partial charge in [-0.05, 0) is 67.8 Å². The van der Waals surface area contributed by atoms with E-state index in [9.17, 15) is 0 Å². The molecule has 2 aliphatic carbocycles. The van der Waals surface area contributed by atoms with E-state index in [0.29, 0.717) is 0 Å². The maximum absolute atomic E-state index is 3.62. The highest BCUT2D eigenvalue weighted by Gasteiger charge is 2.41. The predicted octanol–water partition coefficient (Wildman–Crippen LogP) is 8.09. The molecule has 2 heteroatoms. The molecule has 0 aliphatic heterocycles. The summed E-state index contributed by atoms with van der Waals surface area (Å²) in [6, 6.07) is 18.9. The van der Waals surface area contributed by atoms with Gasteiger partial charge in [-0.25, -0.2) is 0 Å². The highest BCUT2D eigenvalue weighted by atomic mass is 79.9. The maximum atomic E-state index is 3.62. The molecular weight excluding hydrogens is 472 g/mol. The lowest BCUT2D eigenvalue weighted by atomic mass is 9.79. The van der Waals surface area contributed by atoms with Gasteiger partial charge in [-0.1, -0.05) is 96.0 Å². The Kier molecular flexibility index (Phi) is 4.03. The summed E-state index contributed by atoms with van der Waals surface area (Å²) in [4.78, 5) is 0. The average molecular weight is 496 g/mol. The SMILES string of the molecule is CC1(C)c2cc(CBr)ccc2-c2cc3c(cc21)-c1ccc(CBr)cc1C3(C)C. The minimum atomic E-state index is 0.0283. The fourth-order valence-electron chi connectivity index (χ4n) is 5.22. The molecule has 0 bridgehead atoms. The van der Waals surface area contributed by atoms with Crippen molar-refractivity contribution in [2.24, 2.45) is 0 Å². The Balaban J connectivity index is 1.78. The molecule has 0 saturated heterocycles. The van der Waals surface area contributed by atoms with Crippen molar-refractivity contribution < 1.29 is 0 Å². The minimum Gasteiger partial charge on any atom is -0.0876 e. The van der Waals surface area contributed by atoms with Gasteiger partial charge in [0.15, 0.2) is 0 Å². The summed E-state index contributed by atoms with van der Waals surface area (Å²) in [6.07, 6.45) is 0. The van der Waals surface area contributed by atoms with Crippen molar-refractivity contribution in [2.75, 3.05) is 0 Å². The molecule has 0 spiro atoms. The van der Waals surface area contributed by atoms with Crippen LogP contribution in [0.25, 0.3) is 22.3 Å². The van der Waals surface area contributed by atoms with Gasteiger partial charge in [-0.3, -0.25) is 0 Å². The quantitative estimate of drug-likeness (QED) is 0.315. The first-order valence-corrected chi connectivity index (χ1v) is 12.1. The topological polar surface area (TPSA) is 0 Å². The third kappa shape index (κ3) is 2.34. The molecule has 5 rings (SSSR count). The number of alkyl halides is 2. The molecule has 0 saturated carbocycles. The molecule has 142 valence electrons. The maximum Gasteiger partial charge on any atom is 0.0283 e. The lowest BCUT2D eigenvalue weighted by molar-refractivity contribution is 0.651. The fourth-order valence-corrected chi connectivity index (χ4v) is 5.92. The van der Waals surface area contributed by atoms with Gasteiger partial charge in [0.25, 0.3) is 0 Å². The molecule has 3 aromatic carbocycles. The van der Waals surface area contributed by atoms with E-state index in [1.807, 2.05) is 0 Å². The van der Waals surface area contributed by atoms with Crippen LogP contribution in [0.1, 0.15) is 61.1 Å². The summed E-state index contributed by atoms with van der Waals surface area (Å²) in [6.45, 7) is 9.49. The minimum absolute atomic E-state index is 0.0283. The molecule has 0 aromatic heterocycles. The largest absolute Gasteiger partial charge is 0.0876 e. The van der Waals surface area contributed by atoms with Crippen LogP contribution in [0.5, 0.6) is 0 Å². The molecule has 0 heterocycles. The Hall–Kier alpha value is -1.38. The van der Waals surface area contributed by atoms with Gasteiger partial charge in [0.05, 0.1) is 0 Å². The summed E-state index contributed by atoms with van der Waals surface area (Å²) in [5.41, 5.74) is 14.2. The number of rotatable bonds is 2. The lowest BCUT2D eigenvalue weighted by Crippen LogP contribution is -2.17. The van der Waals surface area contributed by atoms with Crippen LogP contribution < -0.4 is 0 Å². The zero-order valence-electron chi connectivity index (χ0n) is 16.8. The smallest absolute Gasteiger partial charge is 0.0283 e. The van der Waals surface area contributed by atoms with Crippen LogP contribution in [-0.4, -0.2) is 0 Å². The van der Waals surface area contributed by atoms with E-state index in [2.05, 4.69) is 108 Å². The van der Waals surface area contributed by atoms with E-state index in [4.69, 9.17) is 0 Å². The van der Waals surface area contributed by atoms with Crippen molar-refractivity contribution in [3.8, 4) is 22.3 Å². The second-order valence-electron chi connectivity index (χ2n) is 9.22. The molecule has 0 unspecified atom stereocenters. The first kappa shape index (κ1) is 18.6. The molecule has 2 aliphatic rings. The summed E-state index contributed by atoms with van der Waals surface area (Å²) in [5.74, 6) is 0. The normalized spacial score (nSPS) is 17.1. The molecule has 0 N–H and O–H groups in total.